The van der Waals surface area contributed by atoms with E-state index in [-0.39, 0.29) is 5.91 Å². The van der Waals surface area contributed by atoms with Gasteiger partial charge in [0.25, 0.3) is 5.91 Å². The molecular formula is C17H11N3O2S2. The molecule has 5 nitrogen and oxygen atoms in total. The fourth-order valence-corrected chi connectivity index (χ4v) is 3.39. The van der Waals surface area contributed by atoms with Crippen LogP contribution in [0.5, 0.6) is 0 Å². The average molecular weight is 353 g/mol. The lowest BCUT2D eigenvalue weighted by Gasteiger charge is -2.06. The number of aromatic nitrogens is 1. The maximum Gasteiger partial charge on any atom is 0.259 e. The fourth-order valence-electron chi connectivity index (χ4n) is 2.42. The van der Waals surface area contributed by atoms with Crippen LogP contribution in [0.4, 0.5) is 0 Å². The van der Waals surface area contributed by atoms with Crippen LogP contribution in [0.2, 0.25) is 0 Å². The molecule has 1 amide bonds. The van der Waals surface area contributed by atoms with E-state index in [1.54, 1.807) is 6.21 Å². The number of benzene rings is 2. The van der Waals surface area contributed by atoms with Gasteiger partial charge in [-0.25, -0.2) is 0 Å². The zero-order valence-corrected chi connectivity index (χ0v) is 14.0. The second-order valence-corrected chi connectivity index (χ2v) is 6.77. The SMILES string of the molecule is O=C1CSC(=S)N1N=Cc1ccc2noc(-c3ccccc3)c2c1. The Morgan fingerprint density at radius 1 is 1.25 bits per heavy atom. The van der Waals surface area contributed by atoms with Crippen LogP contribution in [-0.2, 0) is 4.79 Å². The lowest BCUT2D eigenvalue weighted by molar-refractivity contribution is -0.123. The van der Waals surface area contributed by atoms with E-state index in [0.29, 0.717) is 15.8 Å². The summed E-state index contributed by atoms with van der Waals surface area (Å²) in [5.41, 5.74) is 2.58. The number of fused-ring (bicyclic) bond motifs is 1. The van der Waals surface area contributed by atoms with Gasteiger partial charge in [0.05, 0.1) is 17.4 Å². The van der Waals surface area contributed by atoms with E-state index >= 15 is 0 Å². The van der Waals surface area contributed by atoms with Gasteiger partial charge >= 0.3 is 0 Å². The predicted octanol–water partition coefficient (Wildman–Crippen LogP) is 3.69. The van der Waals surface area contributed by atoms with Crippen molar-refractivity contribution in [1.29, 1.82) is 0 Å². The van der Waals surface area contributed by atoms with Crippen LogP contribution >= 0.6 is 24.0 Å². The number of thiocarbonyl (C=S) groups is 1. The zero-order valence-electron chi connectivity index (χ0n) is 12.4. The summed E-state index contributed by atoms with van der Waals surface area (Å²) in [5, 5.41) is 10.4. The molecule has 1 aliphatic heterocycles. The maximum absolute atomic E-state index is 11.7. The molecule has 7 heteroatoms. The lowest BCUT2D eigenvalue weighted by Crippen LogP contribution is -2.22. The Bertz CT molecular complexity index is 950. The summed E-state index contributed by atoms with van der Waals surface area (Å²) in [6.45, 7) is 0. The van der Waals surface area contributed by atoms with Gasteiger partial charge in [-0.1, -0.05) is 65.5 Å². The number of hydrogen-bond donors (Lipinski definition) is 0. The zero-order chi connectivity index (χ0) is 16.5. The molecular weight excluding hydrogens is 342 g/mol. The second-order valence-electron chi connectivity index (χ2n) is 5.16. The first kappa shape index (κ1) is 15.0. The number of carbonyl (C=O) groups is 1. The largest absolute Gasteiger partial charge is 0.355 e. The molecule has 0 spiro atoms. The van der Waals surface area contributed by atoms with Crippen LogP contribution in [0.1, 0.15) is 5.56 Å². The average Bonchev–Trinajstić information content (AvgIpc) is 3.17. The monoisotopic (exact) mass is 353 g/mol. The van der Waals surface area contributed by atoms with Crippen molar-refractivity contribution in [1.82, 2.24) is 10.2 Å². The minimum atomic E-state index is -0.0997. The number of amides is 1. The van der Waals surface area contributed by atoms with Gasteiger partial charge in [0.15, 0.2) is 10.1 Å². The lowest BCUT2D eigenvalue weighted by atomic mass is 10.1. The second kappa shape index (κ2) is 6.18. The van der Waals surface area contributed by atoms with Gasteiger partial charge in [-0.05, 0) is 17.7 Å². The molecule has 1 saturated heterocycles. The summed E-state index contributed by atoms with van der Waals surface area (Å²) in [5.74, 6) is 0.959. The Hall–Kier alpha value is -2.51. The number of hydrogen-bond acceptors (Lipinski definition) is 6. The smallest absolute Gasteiger partial charge is 0.259 e. The summed E-state index contributed by atoms with van der Waals surface area (Å²) in [7, 11) is 0. The topological polar surface area (TPSA) is 58.7 Å². The molecule has 118 valence electrons. The third-order valence-corrected chi connectivity index (χ3v) is 4.92. The molecule has 24 heavy (non-hydrogen) atoms. The van der Waals surface area contributed by atoms with E-state index in [9.17, 15) is 4.79 Å². The van der Waals surface area contributed by atoms with Gasteiger partial charge in [0.1, 0.15) is 5.52 Å². The Morgan fingerprint density at radius 3 is 2.83 bits per heavy atom. The highest BCUT2D eigenvalue weighted by molar-refractivity contribution is 8.23. The van der Waals surface area contributed by atoms with Crippen molar-refractivity contribution in [2.24, 2.45) is 5.10 Å². The Balaban J connectivity index is 1.70. The van der Waals surface area contributed by atoms with Crippen molar-refractivity contribution in [3.8, 4) is 11.3 Å². The normalized spacial score (nSPS) is 15.1. The molecule has 0 radical (unpaired) electrons. The molecule has 0 bridgehead atoms. The van der Waals surface area contributed by atoms with Crippen molar-refractivity contribution < 1.29 is 9.32 Å². The first-order chi connectivity index (χ1) is 11.7. The fraction of sp³-hybridized carbons (Fsp3) is 0.0588. The molecule has 0 atom stereocenters. The van der Waals surface area contributed by atoms with Crippen molar-refractivity contribution in [2.75, 3.05) is 5.75 Å². The number of thioether (sulfide) groups is 1. The molecule has 0 N–H and O–H groups in total. The summed E-state index contributed by atoms with van der Waals surface area (Å²) in [6, 6.07) is 15.5. The Morgan fingerprint density at radius 2 is 2.08 bits per heavy atom. The van der Waals surface area contributed by atoms with Crippen molar-refractivity contribution in [2.45, 2.75) is 0 Å². The van der Waals surface area contributed by atoms with Gasteiger partial charge < -0.3 is 4.52 Å². The summed E-state index contributed by atoms with van der Waals surface area (Å²) >= 11 is 6.43. The van der Waals surface area contributed by atoms with Crippen molar-refractivity contribution in [3.63, 3.8) is 0 Å². The highest BCUT2D eigenvalue weighted by atomic mass is 32.2. The Labute approximate surface area is 147 Å². The molecule has 2 aromatic carbocycles. The molecule has 3 aromatic rings. The summed E-state index contributed by atoms with van der Waals surface area (Å²) in [4.78, 5) is 11.7. The minimum absolute atomic E-state index is 0.0997. The van der Waals surface area contributed by atoms with Gasteiger partial charge in [0, 0.05) is 5.56 Å². The van der Waals surface area contributed by atoms with Crippen molar-refractivity contribution in [3.05, 3.63) is 54.1 Å². The molecule has 4 rings (SSSR count). The quantitative estimate of drug-likeness (QED) is 0.531. The van der Waals surface area contributed by atoms with Crippen LogP contribution in [-0.4, -0.2) is 32.4 Å². The van der Waals surface area contributed by atoms with Gasteiger partial charge in [-0.2, -0.15) is 10.1 Å². The number of carbonyl (C=O) groups excluding carboxylic acids is 1. The molecule has 0 unspecified atom stereocenters. The van der Waals surface area contributed by atoms with Gasteiger partial charge in [-0.15, -0.1) is 0 Å². The van der Waals surface area contributed by atoms with Crippen molar-refractivity contribution >= 4 is 51.3 Å². The number of hydrazone groups is 1. The van der Waals surface area contributed by atoms with E-state index in [4.69, 9.17) is 16.7 Å². The molecule has 0 saturated carbocycles. The van der Waals surface area contributed by atoms with E-state index in [0.717, 1.165) is 22.0 Å². The maximum atomic E-state index is 11.7. The van der Waals surface area contributed by atoms with E-state index in [1.807, 2.05) is 48.5 Å². The first-order valence-corrected chi connectivity index (χ1v) is 8.60. The standard InChI is InChI=1S/C17H11N3O2S2/c21-15-10-24-17(23)20(15)18-9-11-6-7-14-13(8-11)16(22-19-14)12-4-2-1-3-5-12/h1-9H,10H2. The van der Waals surface area contributed by atoms with E-state index in [2.05, 4.69) is 10.3 Å². The predicted molar refractivity (Wildman–Crippen MR) is 98.9 cm³/mol. The summed E-state index contributed by atoms with van der Waals surface area (Å²) in [6.07, 6.45) is 1.62. The minimum Gasteiger partial charge on any atom is -0.355 e. The number of rotatable bonds is 3. The highest BCUT2D eigenvalue weighted by Crippen LogP contribution is 2.29. The van der Waals surface area contributed by atoms with Crippen LogP contribution in [0.3, 0.4) is 0 Å². The van der Waals surface area contributed by atoms with Crippen LogP contribution < -0.4 is 0 Å². The molecule has 1 aliphatic rings. The highest BCUT2D eigenvalue weighted by Gasteiger charge is 2.25. The third kappa shape index (κ3) is 2.72. The van der Waals surface area contributed by atoms with Gasteiger partial charge in [0.2, 0.25) is 0 Å². The van der Waals surface area contributed by atoms with Gasteiger partial charge in [-0.3, -0.25) is 4.79 Å². The van der Waals surface area contributed by atoms with E-state index in [1.165, 1.54) is 16.8 Å². The first-order valence-electron chi connectivity index (χ1n) is 7.21. The number of nitrogens with zero attached hydrogens (tertiary/aromatic N) is 3. The summed E-state index contributed by atoms with van der Waals surface area (Å²) < 4.78 is 5.96. The molecule has 1 aromatic heterocycles. The molecule has 1 fully saturated rings. The van der Waals surface area contributed by atoms with Crippen LogP contribution in [0.15, 0.2) is 58.2 Å². The third-order valence-electron chi connectivity index (χ3n) is 3.59. The van der Waals surface area contributed by atoms with Crippen LogP contribution in [0, 0.1) is 0 Å². The Kier molecular flexibility index (Phi) is 3.87. The molecule has 2 heterocycles. The van der Waals surface area contributed by atoms with Crippen LogP contribution in [0.25, 0.3) is 22.2 Å². The molecule has 0 aliphatic carbocycles. The van der Waals surface area contributed by atoms with E-state index < -0.39 is 0 Å².